The van der Waals surface area contributed by atoms with Gasteiger partial charge in [-0.05, 0) is 60.3 Å². The minimum atomic E-state index is -0.418. The quantitative estimate of drug-likeness (QED) is 0.769. The highest BCUT2D eigenvalue weighted by atomic mass is 79.9. The van der Waals surface area contributed by atoms with E-state index in [2.05, 4.69) is 47.7 Å². The van der Waals surface area contributed by atoms with Crippen LogP contribution in [0.3, 0.4) is 0 Å². The number of unbranched alkanes of at least 4 members (excludes halogenated alkanes) is 1. The van der Waals surface area contributed by atoms with Crippen LogP contribution in [0.5, 0.6) is 0 Å². The number of aliphatic hydroxyl groups is 1. The van der Waals surface area contributed by atoms with Gasteiger partial charge in [-0.25, -0.2) is 0 Å². The molecule has 0 fully saturated rings. The Kier molecular flexibility index (Phi) is 6.87. The maximum Gasteiger partial charge on any atom is 0.0762 e. The average molecular weight is 328 g/mol. The van der Waals surface area contributed by atoms with Gasteiger partial charge in [0.05, 0.1) is 11.8 Å². The van der Waals surface area contributed by atoms with E-state index in [-0.39, 0.29) is 0 Å². The molecule has 2 nitrogen and oxygen atoms in total. The second kappa shape index (κ2) is 7.91. The molecule has 0 amide bonds. The Labute approximate surface area is 126 Å². The molecule has 0 aliphatic heterocycles. The molecule has 0 saturated heterocycles. The Morgan fingerprint density at radius 3 is 2.42 bits per heavy atom. The molecule has 1 aromatic carbocycles. The zero-order chi connectivity index (χ0) is 14.4. The maximum atomic E-state index is 9.64. The normalized spacial score (nSPS) is 14.2. The van der Waals surface area contributed by atoms with Crippen LogP contribution in [0.25, 0.3) is 0 Å². The minimum Gasteiger partial charge on any atom is -0.389 e. The van der Waals surface area contributed by atoms with Gasteiger partial charge in [-0.1, -0.05) is 26.3 Å². The number of anilines is 1. The molecule has 0 heterocycles. The van der Waals surface area contributed by atoms with Crippen molar-refractivity contribution in [2.75, 3.05) is 11.4 Å². The Morgan fingerprint density at radius 2 is 1.95 bits per heavy atom. The fourth-order valence-corrected chi connectivity index (χ4v) is 2.77. The lowest BCUT2D eigenvalue weighted by molar-refractivity contribution is 0.199. The number of benzene rings is 1. The molecule has 108 valence electrons. The first-order valence-corrected chi connectivity index (χ1v) is 8.04. The van der Waals surface area contributed by atoms with E-state index in [9.17, 15) is 5.11 Å². The van der Waals surface area contributed by atoms with Crippen molar-refractivity contribution >= 4 is 21.6 Å². The van der Waals surface area contributed by atoms with Gasteiger partial charge in [0.2, 0.25) is 0 Å². The highest BCUT2D eigenvalue weighted by molar-refractivity contribution is 9.10. The largest absolute Gasteiger partial charge is 0.389 e. The van der Waals surface area contributed by atoms with Gasteiger partial charge in [0.25, 0.3) is 0 Å². The Balaban J connectivity index is 3.01. The molecule has 2 atom stereocenters. The van der Waals surface area contributed by atoms with Crippen molar-refractivity contribution in [3.8, 4) is 0 Å². The summed E-state index contributed by atoms with van der Waals surface area (Å²) in [6.45, 7) is 9.59. The Bertz CT molecular complexity index is 392. The van der Waals surface area contributed by atoms with E-state index in [0.717, 1.165) is 23.0 Å². The number of nitrogens with zero attached hydrogens (tertiary/aromatic N) is 1. The lowest BCUT2D eigenvalue weighted by Crippen LogP contribution is -2.33. The van der Waals surface area contributed by atoms with Crippen molar-refractivity contribution < 1.29 is 5.11 Å². The minimum absolute atomic E-state index is 0.418. The molecule has 0 aliphatic carbocycles. The number of hydrogen-bond donors (Lipinski definition) is 1. The summed E-state index contributed by atoms with van der Waals surface area (Å²) in [5, 5.41) is 9.64. The smallest absolute Gasteiger partial charge is 0.0762 e. The molecule has 1 rings (SSSR count). The standard InChI is InChI=1S/C16H26BrNO/c1-5-7-10-18(12(3)6-2)16-9-8-14(13(4)19)11-15(16)17/h8-9,11-13,19H,5-7,10H2,1-4H3/t12?,13-/m1/s1. The van der Waals surface area contributed by atoms with Crippen molar-refractivity contribution in [3.63, 3.8) is 0 Å². The molecule has 1 aromatic rings. The summed E-state index contributed by atoms with van der Waals surface area (Å²) in [4.78, 5) is 2.46. The van der Waals surface area contributed by atoms with Crippen molar-refractivity contribution in [3.05, 3.63) is 28.2 Å². The summed E-state index contributed by atoms with van der Waals surface area (Å²) in [5.74, 6) is 0. The summed E-state index contributed by atoms with van der Waals surface area (Å²) < 4.78 is 1.07. The van der Waals surface area contributed by atoms with Crippen LogP contribution >= 0.6 is 15.9 Å². The predicted molar refractivity (Wildman–Crippen MR) is 86.8 cm³/mol. The maximum absolute atomic E-state index is 9.64. The first-order chi connectivity index (χ1) is 9.01. The first-order valence-electron chi connectivity index (χ1n) is 7.25. The molecule has 0 bridgehead atoms. The van der Waals surface area contributed by atoms with Gasteiger partial charge < -0.3 is 10.0 Å². The number of halogens is 1. The Morgan fingerprint density at radius 1 is 1.26 bits per heavy atom. The number of rotatable bonds is 7. The van der Waals surface area contributed by atoms with E-state index in [1.54, 1.807) is 6.92 Å². The van der Waals surface area contributed by atoms with E-state index < -0.39 is 6.10 Å². The van der Waals surface area contributed by atoms with Crippen molar-refractivity contribution in [2.24, 2.45) is 0 Å². The molecule has 0 spiro atoms. The van der Waals surface area contributed by atoms with E-state index in [0.29, 0.717) is 6.04 Å². The molecular weight excluding hydrogens is 302 g/mol. The summed E-state index contributed by atoms with van der Waals surface area (Å²) in [5.41, 5.74) is 2.18. The van der Waals surface area contributed by atoms with Crippen LogP contribution in [-0.2, 0) is 0 Å². The SMILES string of the molecule is CCCCN(c1ccc([C@@H](C)O)cc1Br)C(C)CC. The van der Waals surface area contributed by atoms with Crippen LogP contribution in [0, 0.1) is 0 Å². The Hall–Kier alpha value is -0.540. The fourth-order valence-electron chi connectivity index (χ4n) is 2.14. The molecule has 1 unspecified atom stereocenters. The molecule has 3 heteroatoms. The highest BCUT2D eigenvalue weighted by Gasteiger charge is 2.16. The van der Waals surface area contributed by atoms with Gasteiger partial charge in [-0.2, -0.15) is 0 Å². The zero-order valence-electron chi connectivity index (χ0n) is 12.5. The molecule has 0 radical (unpaired) electrons. The topological polar surface area (TPSA) is 23.5 Å². The summed E-state index contributed by atoms with van der Waals surface area (Å²) in [6, 6.07) is 6.70. The van der Waals surface area contributed by atoms with Crippen LogP contribution in [0.15, 0.2) is 22.7 Å². The molecule has 0 aliphatic rings. The second-order valence-electron chi connectivity index (χ2n) is 5.19. The third-order valence-electron chi connectivity index (χ3n) is 3.64. The van der Waals surface area contributed by atoms with Gasteiger partial charge in [-0.3, -0.25) is 0 Å². The summed E-state index contributed by atoms with van der Waals surface area (Å²) in [6.07, 6.45) is 3.12. The van der Waals surface area contributed by atoms with Crippen LogP contribution in [0.1, 0.15) is 58.6 Å². The number of aliphatic hydroxyl groups excluding tert-OH is 1. The second-order valence-corrected chi connectivity index (χ2v) is 6.05. The zero-order valence-corrected chi connectivity index (χ0v) is 14.1. The third kappa shape index (κ3) is 4.50. The van der Waals surface area contributed by atoms with E-state index >= 15 is 0 Å². The monoisotopic (exact) mass is 327 g/mol. The average Bonchev–Trinajstić information content (AvgIpc) is 2.39. The lowest BCUT2D eigenvalue weighted by atomic mass is 10.1. The number of hydrogen-bond acceptors (Lipinski definition) is 2. The van der Waals surface area contributed by atoms with E-state index in [4.69, 9.17) is 0 Å². The van der Waals surface area contributed by atoms with Crippen molar-refractivity contribution in [1.82, 2.24) is 0 Å². The van der Waals surface area contributed by atoms with Gasteiger partial charge >= 0.3 is 0 Å². The van der Waals surface area contributed by atoms with E-state index in [1.807, 2.05) is 12.1 Å². The third-order valence-corrected chi connectivity index (χ3v) is 4.27. The van der Waals surface area contributed by atoms with Gasteiger partial charge in [0.15, 0.2) is 0 Å². The van der Waals surface area contributed by atoms with Gasteiger partial charge in [-0.15, -0.1) is 0 Å². The van der Waals surface area contributed by atoms with Crippen LogP contribution in [0.2, 0.25) is 0 Å². The summed E-state index contributed by atoms with van der Waals surface area (Å²) >= 11 is 3.65. The predicted octanol–water partition coefficient (Wildman–Crippen LogP) is 4.91. The highest BCUT2D eigenvalue weighted by Crippen LogP contribution is 2.31. The molecule has 0 aromatic heterocycles. The molecule has 0 saturated carbocycles. The molecular formula is C16H26BrNO. The van der Waals surface area contributed by atoms with Crippen LogP contribution in [-0.4, -0.2) is 17.7 Å². The van der Waals surface area contributed by atoms with E-state index in [1.165, 1.54) is 18.5 Å². The first kappa shape index (κ1) is 16.5. The molecule has 1 N–H and O–H groups in total. The van der Waals surface area contributed by atoms with Crippen LogP contribution < -0.4 is 4.90 Å². The van der Waals surface area contributed by atoms with Crippen molar-refractivity contribution in [1.29, 1.82) is 0 Å². The fraction of sp³-hybridized carbons (Fsp3) is 0.625. The summed E-state index contributed by atoms with van der Waals surface area (Å²) in [7, 11) is 0. The lowest BCUT2D eigenvalue weighted by Gasteiger charge is -2.32. The van der Waals surface area contributed by atoms with Crippen LogP contribution in [0.4, 0.5) is 5.69 Å². The van der Waals surface area contributed by atoms with Gasteiger partial charge in [0.1, 0.15) is 0 Å². The molecule has 19 heavy (non-hydrogen) atoms. The van der Waals surface area contributed by atoms with Gasteiger partial charge in [0, 0.05) is 17.1 Å². The van der Waals surface area contributed by atoms with Crippen molar-refractivity contribution in [2.45, 2.75) is 59.1 Å².